The van der Waals surface area contributed by atoms with Gasteiger partial charge in [0.05, 0.1) is 12.2 Å². The molecular weight excluding hydrogens is 451 g/mol. The maximum absolute atomic E-state index is 4.74. The second-order valence-electron chi connectivity index (χ2n) is 6.62. The summed E-state index contributed by atoms with van der Waals surface area (Å²) in [5.74, 6) is 0.895. The van der Waals surface area contributed by atoms with Crippen LogP contribution in [0.2, 0.25) is 0 Å². The minimum Gasteiger partial charge on any atom is -0.357 e. The topological polar surface area (TPSA) is 57.5 Å². The van der Waals surface area contributed by atoms with Crippen LogP contribution in [-0.4, -0.2) is 52.9 Å². The van der Waals surface area contributed by atoms with Crippen molar-refractivity contribution in [2.45, 2.75) is 39.3 Å². The van der Waals surface area contributed by atoms with Gasteiger partial charge in [-0.05, 0) is 56.6 Å². The van der Waals surface area contributed by atoms with Crippen LogP contribution in [0.15, 0.2) is 47.7 Å². The summed E-state index contributed by atoms with van der Waals surface area (Å²) < 4.78 is 1.86. The third-order valence-corrected chi connectivity index (χ3v) is 4.88. The SMILES string of the molecule is CCNC(=NCc1ccc(-n2cccn2)cc1)NCC1CCCN1CC.I. The van der Waals surface area contributed by atoms with E-state index in [1.54, 1.807) is 6.20 Å². The first-order valence-corrected chi connectivity index (χ1v) is 9.65. The number of rotatable bonds is 7. The molecule has 0 spiro atoms. The number of aromatic nitrogens is 2. The lowest BCUT2D eigenvalue weighted by Crippen LogP contribution is -2.44. The van der Waals surface area contributed by atoms with E-state index in [1.807, 2.05) is 16.9 Å². The van der Waals surface area contributed by atoms with Crippen LogP contribution in [-0.2, 0) is 6.54 Å². The smallest absolute Gasteiger partial charge is 0.191 e. The highest BCUT2D eigenvalue weighted by Gasteiger charge is 2.22. The molecule has 0 amide bonds. The monoisotopic (exact) mass is 482 g/mol. The van der Waals surface area contributed by atoms with Crippen LogP contribution in [0.1, 0.15) is 32.3 Å². The van der Waals surface area contributed by atoms with Crippen LogP contribution >= 0.6 is 24.0 Å². The summed E-state index contributed by atoms with van der Waals surface area (Å²) in [6.07, 6.45) is 6.31. The lowest BCUT2D eigenvalue weighted by Gasteiger charge is -2.24. The summed E-state index contributed by atoms with van der Waals surface area (Å²) in [6.45, 7) is 9.18. The van der Waals surface area contributed by atoms with Crippen molar-refractivity contribution in [3.63, 3.8) is 0 Å². The molecule has 1 aliphatic heterocycles. The van der Waals surface area contributed by atoms with Crippen LogP contribution < -0.4 is 10.6 Å². The highest BCUT2D eigenvalue weighted by molar-refractivity contribution is 14.0. The van der Waals surface area contributed by atoms with Gasteiger partial charge in [0, 0.05) is 31.5 Å². The number of hydrogen-bond acceptors (Lipinski definition) is 3. The summed E-state index contributed by atoms with van der Waals surface area (Å²) >= 11 is 0. The molecular formula is C20H31IN6. The second kappa shape index (κ2) is 11.3. The summed E-state index contributed by atoms with van der Waals surface area (Å²) in [5, 5.41) is 11.1. The fourth-order valence-corrected chi connectivity index (χ4v) is 3.44. The van der Waals surface area contributed by atoms with Gasteiger partial charge in [-0.15, -0.1) is 24.0 Å². The number of hydrogen-bond donors (Lipinski definition) is 2. The molecule has 1 saturated heterocycles. The number of guanidine groups is 1. The van der Waals surface area contributed by atoms with E-state index in [9.17, 15) is 0 Å². The molecule has 1 unspecified atom stereocenters. The van der Waals surface area contributed by atoms with Gasteiger partial charge in [0.15, 0.2) is 5.96 Å². The first kappa shape index (κ1) is 21.7. The van der Waals surface area contributed by atoms with Gasteiger partial charge in [0.25, 0.3) is 0 Å². The predicted molar refractivity (Wildman–Crippen MR) is 122 cm³/mol. The number of likely N-dealkylation sites (N-methyl/N-ethyl adjacent to an activating group) is 1. The summed E-state index contributed by atoms with van der Waals surface area (Å²) in [5.41, 5.74) is 2.25. The van der Waals surface area contributed by atoms with Gasteiger partial charge < -0.3 is 10.6 Å². The lowest BCUT2D eigenvalue weighted by molar-refractivity contribution is 0.267. The summed E-state index contributed by atoms with van der Waals surface area (Å²) in [6, 6.07) is 10.9. The van der Waals surface area contributed by atoms with Crippen molar-refractivity contribution in [3.8, 4) is 5.69 Å². The zero-order valence-electron chi connectivity index (χ0n) is 16.3. The molecule has 7 heteroatoms. The van der Waals surface area contributed by atoms with Crippen molar-refractivity contribution < 1.29 is 0 Å². The third kappa shape index (κ3) is 6.21. The Morgan fingerprint density at radius 3 is 2.70 bits per heavy atom. The number of aliphatic imine (C=N–C) groups is 1. The van der Waals surface area contributed by atoms with Gasteiger partial charge in [-0.25, -0.2) is 9.67 Å². The van der Waals surface area contributed by atoms with Gasteiger partial charge >= 0.3 is 0 Å². The number of nitrogens with one attached hydrogen (secondary N) is 2. The van der Waals surface area contributed by atoms with Gasteiger partial charge in [0.2, 0.25) is 0 Å². The number of nitrogens with zero attached hydrogens (tertiary/aromatic N) is 4. The maximum atomic E-state index is 4.74. The van der Waals surface area contributed by atoms with E-state index < -0.39 is 0 Å². The van der Waals surface area contributed by atoms with E-state index in [2.05, 4.69) is 58.7 Å². The van der Waals surface area contributed by atoms with Crippen molar-refractivity contribution in [3.05, 3.63) is 48.3 Å². The Kier molecular flexibility index (Phi) is 9.06. The van der Waals surface area contributed by atoms with Gasteiger partial charge in [-0.3, -0.25) is 4.90 Å². The largest absolute Gasteiger partial charge is 0.357 e. The molecule has 148 valence electrons. The minimum absolute atomic E-state index is 0. The molecule has 1 fully saturated rings. The average Bonchev–Trinajstić information content (AvgIpc) is 3.36. The first-order valence-electron chi connectivity index (χ1n) is 9.65. The van der Waals surface area contributed by atoms with Crippen LogP contribution in [0, 0.1) is 0 Å². The van der Waals surface area contributed by atoms with Gasteiger partial charge in [-0.2, -0.15) is 5.10 Å². The molecule has 3 rings (SSSR count). The van der Waals surface area contributed by atoms with Crippen molar-refractivity contribution in [1.82, 2.24) is 25.3 Å². The Morgan fingerprint density at radius 2 is 2.04 bits per heavy atom. The zero-order valence-corrected chi connectivity index (χ0v) is 18.6. The molecule has 0 bridgehead atoms. The van der Waals surface area contributed by atoms with Crippen molar-refractivity contribution in [2.24, 2.45) is 4.99 Å². The van der Waals surface area contributed by atoms with E-state index in [1.165, 1.54) is 24.9 Å². The molecule has 2 N–H and O–H groups in total. The van der Waals surface area contributed by atoms with E-state index in [-0.39, 0.29) is 24.0 Å². The highest BCUT2D eigenvalue weighted by Crippen LogP contribution is 2.15. The third-order valence-electron chi connectivity index (χ3n) is 4.88. The minimum atomic E-state index is 0. The van der Waals surface area contributed by atoms with Crippen LogP contribution in [0.5, 0.6) is 0 Å². The molecule has 0 saturated carbocycles. The molecule has 0 aliphatic carbocycles. The Bertz CT molecular complexity index is 683. The lowest BCUT2D eigenvalue weighted by atomic mass is 10.2. The van der Waals surface area contributed by atoms with E-state index in [0.717, 1.165) is 31.3 Å². The van der Waals surface area contributed by atoms with E-state index in [0.29, 0.717) is 12.6 Å². The van der Waals surface area contributed by atoms with Crippen molar-refractivity contribution in [2.75, 3.05) is 26.2 Å². The standard InChI is InChI=1S/C20H30N6.HI/c1-3-21-20(23-16-19-7-5-13-25(19)4-2)22-15-17-8-10-18(11-9-17)26-14-6-12-24-26;/h6,8-12,14,19H,3-5,7,13,15-16H2,1-2H3,(H2,21,22,23);1H. The van der Waals surface area contributed by atoms with Gasteiger partial charge in [-0.1, -0.05) is 19.1 Å². The van der Waals surface area contributed by atoms with Crippen molar-refractivity contribution >= 4 is 29.9 Å². The molecule has 0 radical (unpaired) electrons. The molecule has 1 aromatic carbocycles. The second-order valence-corrected chi connectivity index (χ2v) is 6.62. The fraction of sp³-hybridized carbons (Fsp3) is 0.500. The molecule has 2 aromatic rings. The summed E-state index contributed by atoms with van der Waals surface area (Å²) in [7, 11) is 0. The van der Waals surface area contributed by atoms with E-state index >= 15 is 0 Å². The Balaban J connectivity index is 0.00000261. The predicted octanol–water partition coefficient (Wildman–Crippen LogP) is 3.03. The van der Waals surface area contributed by atoms with E-state index in [4.69, 9.17) is 4.99 Å². The normalized spacial score (nSPS) is 17.6. The zero-order chi connectivity index (χ0) is 18.2. The maximum Gasteiger partial charge on any atom is 0.191 e. The van der Waals surface area contributed by atoms with Crippen LogP contribution in [0.25, 0.3) is 5.69 Å². The first-order chi connectivity index (χ1) is 12.8. The number of benzene rings is 1. The average molecular weight is 482 g/mol. The molecule has 2 heterocycles. The molecule has 27 heavy (non-hydrogen) atoms. The molecule has 6 nitrogen and oxygen atoms in total. The number of likely N-dealkylation sites (tertiary alicyclic amines) is 1. The molecule has 1 atom stereocenters. The van der Waals surface area contributed by atoms with Crippen LogP contribution in [0.4, 0.5) is 0 Å². The summed E-state index contributed by atoms with van der Waals surface area (Å²) in [4.78, 5) is 7.29. The Morgan fingerprint density at radius 1 is 1.22 bits per heavy atom. The van der Waals surface area contributed by atoms with Crippen LogP contribution in [0.3, 0.4) is 0 Å². The highest BCUT2D eigenvalue weighted by atomic mass is 127. The number of halogens is 1. The van der Waals surface area contributed by atoms with Crippen molar-refractivity contribution in [1.29, 1.82) is 0 Å². The molecule has 1 aliphatic rings. The van der Waals surface area contributed by atoms with Gasteiger partial charge in [0.1, 0.15) is 0 Å². The Hall–Kier alpha value is -1.61. The Labute approximate surface area is 179 Å². The molecule has 1 aromatic heterocycles. The quantitative estimate of drug-likeness (QED) is 0.362. The fourth-order valence-electron chi connectivity index (χ4n) is 3.44.